The van der Waals surface area contributed by atoms with E-state index in [4.69, 9.17) is 9.47 Å². The molecule has 174 valence electrons. The number of amides is 2. The minimum atomic E-state index is -0.719. The highest BCUT2D eigenvalue weighted by Crippen LogP contribution is 2.18. The van der Waals surface area contributed by atoms with Gasteiger partial charge in [-0.05, 0) is 49.6 Å². The van der Waals surface area contributed by atoms with Crippen molar-refractivity contribution in [3.63, 3.8) is 0 Å². The first-order valence-corrected chi connectivity index (χ1v) is 10.9. The van der Waals surface area contributed by atoms with Gasteiger partial charge in [-0.25, -0.2) is 4.39 Å². The standard InChI is InChI=1S/C25H33FN2O4/c1-18(2)16-27-25(30)19(3)28(17-20-8-5-6-9-23(20)26)24(29)10-7-15-32-22-13-11-21(31-4)12-14-22/h5-6,8-9,11-14,18-19H,7,10,15-17H2,1-4H3,(H,27,30). The molecule has 0 aliphatic rings. The van der Waals surface area contributed by atoms with Gasteiger partial charge in [0.1, 0.15) is 23.4 Å². The molecule has 0 saturated heterocycles. The third kappa shape index (κ3) is 7.87. The second-order valence-corrected chi connectivity index (χ2v) is 8.06. The number of methoxy groups -OCH3 is 1. The summed E-state index contributed by atoms with van der Waals surface area (Å²) in [6.07, 6.45) is 0.658. The Balaban J connectivity index is 1.98. The molecule has 0 heterocycles. The number of ether oxygens (including phenoxy) is 2. The van der Waals surface area contributed by atoms with E-state index in [9.17, 15) is 14.0 Å². The van der Waals surface area contributed by atoms with Crippen LogP contribution in [0.3, 0.4) is 0 Å². The van der Waals surface area contributed by atoms with Gasteiger partial charge in [-0.3, -0.25) is 9.59 Å². The van der Waals surface area contributed by atoms with Crippen molar-refractivity contribution in [2.45, 2.75) is 46.2 Å². The summed E-state index contributed by atoms with van der Waals surface area (Å²) >= 11 is 0. The van der Waals surface area contributed by atoms with Crippen LogP contribution < -0.4 is 14.8 Å². The van der Waals surface area contributed by atoms with Crippen LogP contribution in [-0.4, -0.2) is 43.0 Å². The molecular formula is C25H33FN2O4. The van der Waals surface area contributed by atoms with Crippen molar-refractivity contribution in [3.05, 3.63) is 59.9 Å². The lowest BCUT2D eigenvalue weighted by Gasteiger charge is -2.29. The fraction of sp³-hybridized carbons (Fsp3) is 0.440. The molecule has 0 aromatic heterocycles. The van der Waals surface area contributed by atoms with Crippen LogP contribution in [-0.2, 0) is 16.1 Å². The van der Waals surface area contributed by atoms with Crippen LogP contribution in [0.5, 0.6) is 11.5 Å². The molecule has 0 fully saturated rings. The van der Waals surface area contributed by atoms with E-state index in [1.54, 1.807) is 56.5 Å². The normalized spacial score (nSPS) is 11.7. The van der Waals surface area contributed by atoms with E-state index in [2.05, 4.69) is 5.32 Å². The van der Waals surface area contributed by atoms with Crippen molar-refractivity contribution >= 4 is 11.8 Å². The van der Waals surface area contributed by atoms with E-state index < -0.39 is 11.9 Å². The van der Waals surface area contributed by atoms with Crippen molar-refractivity contribution in [1.29, 1.82) is 0 Å². The number of benzene rings is 2. The van der Waals surface area contributed by atoms with E-state index >= 15 is 0 Å². The summed E-state index contributed by atoms with van der Waals surface area (Å²) < 4.78 is 25.0. The van der Waals surface area contributed by atoms with Gasteiger partial charge in [0, 0.05) is 25.1 Å². The van der Waals surface area contributed by atoms with Crippen molar-refractivity contribution < 1.29 is 23.5 Å². The quantitative estimate of drug-likeness (QED) is 0.499. The number of carbonyl (C=O) groups is 2. The fourth-order valence-corrected chi connectivity index (χ4v) is 3.07. The first kappa shape index (κ1) is 25.2. The predicted octanol–water partition coefficient (Wildman–Crippen LogP) is 4.18. The maximum Gasteiger partial charge on any atom is 0.242 e. The number of hydrogen-bond acceptors (Lipinski definition) is 4. The van der Waals surface area contributed by atoms with Gasteiger partial charge in [0.15, 0.2) is 0 Å². The molecule has 0 spiro atoms. The van der Waals surface area contributed by atoms with Gasteiger partial charge in [-0.1, -0.05) is 32.0 Å². The topological polar surface area (TPSA) is 67.9 Å². The van der Waals surface area contributed by atoms with Crippen LogP contribution in [0.15, 0.2) is 48.5 Å². The highest BCUT2D eigenvalue weighted by atomic mass is 19.1. The van der Waals surface area contributed by atoms with Gasteiger partial charge in [0.05, 0.1) is 13.7 Å². The zero-order valence-corrected chi connectivity index (χ0v) is 19.3. The summed E-state index contributed by atoms with van der Waals surface area (Å²) in [5.41, 5.74) is 0.374. The Bertz CT molecular complexity index is 871. The minimum Gasteiger partial charge on any atom is -0.497 e. The molecule has 0 bridgehead atoms. The summed E-state index contributed by atoms with van der Waals surface area (Å²) in [5, 5.41) is 2.85. The van der Waals surface area contributed by atoms with E-state index in [-0.39, 0.29) is 30.7 Å². The molecule has 6 nitrogen and oxygen atoms in total. The molecular weight excluding hydrogens is 411 g/mol. The van der Waals surface area contributed by atoms with Crippen LogP contribution in [0.2, 0.25) is 0 Å². The van der Waals surface area contributed by atoms with Crippen LogP contribution >= 0.6 is 0 Å². The maximum absolute atomic E-state index is 14.2. The molecule has 0 radical (unpaired) electrons. The first-order chi connectivity index (χ1) is 15.3. The number of halogens is 1. The van der Waals surface area contributed by atoms with Gasteiger partial charge >= 0.3 is 0 Å². The lowest BCUT2D eigenvalue weighted by molar-refractivity contribution is -0.140. The van der Waals surface area contributed by atoms with Crippen LogP contribution in [0.25, 0.3) is 0 Å². The molecule has 0 aliphatic heterocycles. The Kier molecular flexibility index (Phi) is 9.98. The van der Waals surface area contributed by atoms with E-state index in [1.165, 1.54) is 11.0 Å². The molecule has 2 aromatic carbocycles. The number of carbonyl (C=O) groups excluding carboxylic acids is 2. The van der Waals surface area contributed by atoms with Crippen LogP contribution in [0.4, 0.5) is 4.39 Å². The summed E-state index contributed by atoms with van der Waals surface area (Å²) in [4.78, 5) is 27.0. The molecule has 1 unspecified atom stereocenters. The Morgan fingerprint density at radius 2 is 1.69 bits per heavy atom. The number of hydrogen-bond donors (Lipinski definition) is 1. The molecule has 2 amide bonds. The summed E-state index contributed by atoms with van der Waals surface area (Å²) in [6.45, 7) is 6.55. The fourth-order valence-electron chi connectivity index (χ4n) is 3.07. The van der Waals surface area contributed by atoms with Crippen molar-refractivity contribution in [1.82, 2.24) is 10.2 Å². The van der Waals surface area contributed by atoms with Crippen LogP contribution in [0, 0.1) is 11.7 Å². The summed E-state index contributed by atoms with van der Waals surface area (Å²) in [6, 6.07) is 12.8. The lowest BCUT2D eigenvalue weighted by Crippen LogP contribution is -2.48. The third-order valence-corrected chi connectivity index (χ3v) is 5.01. The maximum atomic E-state index is 14.2. The van der Waals surface area contributed by atoms with Crippen molar-refractivity contribution in [3.8, 4) is 11.5 Å². The number of nitrogens with one attached hydrogen (secondary N) is 1. The Labute approximate surface area is 189 Å². The smallest absolute Gasteiger partial charge is 0.242 e. The van der Waals surface area contributed by atoms with Gasteiger partial charge in [0.25, 0.3) is 0 Å². The molecule has 1 N–H and O–H groups in total. The van der Waals surface area contributed by atoms with E-state index in [0.29, 0.717) is 30.9 Å². The summed E-state index contributed by atoms with van der Waals surface area (Å²) in [5.74, 6) is 0.834. The molecule has 32 heavy (non-hydrogen) atoms. The second kappa shape index (κ2) is 12.7. The zero-order chi connectivity index (χ0) is 23.5. The average Bonchev–Trinajstić information content (AvgIpc) is 2.79. The molecule has 7 heteroatoms. The average molecular weight is 445 g/mol. The van der Waals surface area contributed by atoms with Gasteiger partial charge < -0.3 is 19.7 Å². The van der Waals surface area contributed by atoms with Crippen molar-refractivity contribution in [2.75, 3.05) is 20.3 Å². The summed E-state index contributed by atoms with van der Waals surface area (Å²) in [7, 11) is 1.60. The molecule has 0 aliphatic carbocycles. The Hall–Kier alpha value is -3.09. The lowest BCUT2D eigenvalue weighted by atomic mass is 10.1. The molecule has 2 rings (SSSR count). The predicted molar refractivity (Wildman–Crippen MR) is 122 cm³/mol. The minimum absolute atomic E-state index is 0.0289. The van der Waals surface area contributed by atoms with Crippen LogP contribution in [0.1, 0.15) is 39.2 Å². The highest BCUT2D eigenvalue weighted by molar-refractivity contribution is 5.87. The van der Waals surface area contributed by atoms with Gasteiger partial charge in [-0.15, -0.1) is 0 Å². The second-order valence-electron chi connectivity index (χ2n) is 8.06. The van der Waals surface area contributed by atoms with E-state index in [0.717, 1.165) is 5.75 Å². The molecule has 2 aromatic rings. The number of nitrogens with zero attached hydrogens (tertiary/aromatic N) is 1. The Morgan fingerprint density at radius 3 is 2.31 bits per heavy atom. The van der Waals surface area contributed by atoms with Crippen molar-refractivity contribution in [2.24, 2.45) is 5.92 Å². The SMILES string of the molecule is COc1ccc(OCCCC(=O)N(Cc2ccccc2F)C(C)C(=O)NCC(C)C)cc1. The zero-order valence-electron chi connectivity index (χ0n) is 19.3. The first-order valence-electron chi connectivity index (χ1n) is 10.9. The van der Waals surface area contributed by atoms with Gasteiger partial charge in [0.2, 0.25) is 11.8 Å². The number of rotatable bonds is 12. The van der Waals surface area contributed by atoms with Gasteiger partial charge in [-0.2, -0.15) is 0 Å². The Morgan fingerprint density at radius 1 is 1.03 bits per heavy atom. The molecule has 1 atom stereocenters. The van der Waals surface area contributed by atoms with E-state index in [1.807, 2.05) is 13.8 Å². The molecule has 0 saturated carbocycles. The third-order valence-electron chi connectivity index (χ3n) is 5.01. The largest absolute Gasteiger partial charge is 0.497 e. The monoisotopic (exact) mass is 444 g/mol. The highest BCUT2D eigenvalue weighted by Gasteiger charge is 2.26.